The number of piperazine rings is 1. The number of carboxylic acid groups (broad SMARTS) is 1. The Labute approximate surface area is 248 Å². The summed E-state index contributed by atoms with van der Waals surface area (Å²) in [5, 5.41) is 12.9. The second-order valence-corrected chi connectivity index (χ2v) is 14.1. The molecule has 3 aromatic carbocycles. The van der Waals surface area contributed by atoms with Crippen molar-refractivity contribution in [2.45, 2.75) is 4.90 Å². The molecule has 1 heterocycles. The zero-order valence-electron chi connectivity index (χ0n) is 21.9. The van der Waals surface area contributed by atoms with Gasteiger partial charge in [-0.15, -0.1) is 0 Å². The topological polar surface area (TPSA) is 144 Å². The monoisotopic (exact) mass is 640 g/mol. The quantitative estimate of drug-likeness (QED) is 0.378. The molecule has 0 atom stereocenters. The minimum absolute atomic E-state index is 0.0200. The summed E-state index contributed by atoms with van der Waals surface area (Å²) in [4.78, 5) is 26.6. The second kappa shape index (κ2) is 11.9. The lowest BCUT2D eigenvalue weighted by Gasteiger charge is -2.35. The van der Waals surface area contributed by atoms with Gasteiger partial charge in [-0.1, -0.05) is 23.2 Å². The van der Waals surface area contributed by atoms with Crippen LogP contribution in [0.25, 0.3) is 0 Å². The Bertz CT molecular complexity index is 1690. The molecule has 0 radical (unpaired) electrons. The second-order valence-electron chi connectivity index (χ2n) is 9.26. The van der Waals surface area contributed by atoms with E-state index in [9.17, 15) is 31.5 Å². The van der Waals surface area contributed by atoms with E-state index in [1.807, 2.05) is 4.90 Å². The molecule has 1 saturated heterocycles. The van der Waals surface area contributed by atoms with Crippen molar-refractivity contribution < 1.29 is 31.5 Å². The zero-order valence-corrected chi connectivity index (χ0v) is 25.1. The van der Waals surface area contributed by atoms with E-state index in [0.29, 0.717) is 23.1 Å². The first-order valence-electron chi connectivity index (χ1n) is 12.1. The fraction of sp³-hybridized carbons (Fsp3) is 0.231. The maximum absolute atomic E-state index is 13.3. The smallest absolute Gasteiger partial charge is 0.335 e. The average molecular weight is 642 g/mol. The van der Waals surface area contributed by atoms with Crippen LogP contribution in [0.2, 0.25) is 10.0 Å². The number of amides is 1. The van der Waals surface area contributed by atoms with Gasteiger partial charge in [-0.2, -0.15) is 4.31 Å². The van der Waals surface area contributed by atoms with Gasteiger partial charge in [0.15, 0.2) is 0 Å². The molecule has 0 saturated carbocycles. The molecule has 0 spiro atoms. The van der Waals surface area contributed by atoms with Crippen LogP contribution in [-0.4, -0.2) is 77.6 Å². The molecule has 218 valence electrons. The van der Waals surface area contributed by atoms with Gasteiger partial charge in [-0.3, -0.25) is 9.10 Å². The van der Waals surface area contributed by atoms with E-state index in [1.54, 1.807) is 18.2 Å². The Balaban J connectivity index is 1.49. The van der Waals surface area contributed by atoms with Gasteiger partial charge in [0.05, 0.1) is 28.0 Å². The molecule has 11 nitrogen and oxygen atoms in total. The van der Waals surface area contributed by atoms with Crippen LogP contribution >= 0.6 is 23.2 Å². The molecule has 1 aliphatic heterocycles. The van der Waals surface area contributed by atoms with E-state index in [4.69, 9.17) is 23.2 Å². The van der Waals surface area contributed by atoms with Gasteiger partial charge >= 0.3 is 5.97 Å². The van der Waals surface area contributed by atoms with Gasteiger partial charge in [0.2, 0.25) is 20.0 Å². The van der Waals surface area contributed by atoms with Crippen LogP contribution in [0.1, 0.15) is 20.7 Å². The number of sulfonamides is 2. The number of anilines is 3. The lowest BCUT2D eigenvalue weighted by atomic mass is 10.1. The van der Waals surface area contributed by atoms with Crippen molar-refractivity contribution in [2.75, 3.05) is 54.0 Å². The van der Waals surface area contributed by atoms with E-state index in [2.05, 4.69) is 5.32 Å². The Hall–Kier alpha value is -3.36. The Morgan fingerprint density at radius 2 is 1.46 bits per heavy atom. The van der Waals surface area contributed by atoms with E-state index >= 15 is 0 Å². The van der Waals surface area contributed by atoms with E-state index in [-0.39, 0.29) is 40.5 Å². The highest BCUT2D eigenvalue weighted by Crippen LogP contribution is 2.28. The normalized spacial score (nSPS) is 14.5. The van der Waals surface area contributed by atoms with Crippen LogP contribution in [0.3, 0.4) is 0 Å². The highest BCUT2D eigenvalue weighted by Gasteiger charge is 2.29. The average Bonchev–Trinajstić information content (AvgIpc) is 2.91. The summed E-state index contributed by atoms with van der Waals surface area (Å²) in [5.74, 6) is -2.06. The highest BCUT2D eigenvalue weighted by atomic mass is 35.5. The molecule has 1 fully saturated rings. The van der Waals surface area contributed by atoms with Crippen molar-refractivity contribution in [1.82, 2.24) is 4.31 Å². The molecule has 1 amide bonds. The van der Waals surface area contributed by atoms with E-state index in [0.717, 1.165) is 22.3 Å². The number of carbonyl (C=O) groups excluding carboxylic acids is 1. The fourth-order valence-electron chi connectivity index (χ4n) is 4.27. The third-order valence-electron chi connectivity index (χ3n) is 6.53. The maximum Gasteiger partial charge on any atom is 0.335 e. The van der Waals surface area contributed by atoms with Gasteiger partial charge in [0.1, 0.15) is 0 Å². The first kappa shape index (κ1) is 30.6. The van der Waals surface area contributed by atoms with Crippen molar-refractivity contribution in [3.8, 4) is 0 Å². The summed E-state index contributed by atoms with van der Waals surface area (Å²) >= 11 is 12.2. The van der Waals surface area contributed by atoms with Crippen LogP contribution in [0.15, 0.2) is 65.6 Å². The summed E-state index contributed by atoms with van der Waals surface area (Å²) < 4.78 is 52.9. The third kappa shape index (κ3) is 6.93. The molecular formula is C26H26Cl2N4O7S2. The van der Waals surface area contributed by atoms with Crippen LogP contribution in [0.5, 0.6) is 0 Å². The Kier molecular flexibility index (Phi) is 8.85. The van der Waals surface area contributed by atoms with Crippen LogP contribution in [-0.2, 0) is 20.0 Å². The first-order chi connectivity index (χ1) is 19.2. The highest BCUT2D eigenvalue weighted by molar-refractivity contribution is 7.92. The zero-order chi connectivity index (χ0) is 30.1. The molecule has 0 aliphatic carbocycles. The molecular weight excluding hydrogens is 615 g/mol. The van der Waals surface area contributed by atoms with E-state index < -0.39 is 31.9 Å². The number of carbonyl (C=O) groups is 2. The molecule has 0 bridgehead atoms. The lowest BCUT2D eigenvalue weighted by Crippen LogP contribution is -2.48. The largest absolute Gasteiger partial charge is 0.478 e. The maximum atomic E-state index is 13.3. The molecule has 0 unspecified atom stereocenters. The van der Waals surface area contributed by atoms with Crippen LogP contribution in [0, 0.1) is 0 Å². The van der Waals surface area contributed by atoms with Gasteiger partial charge in [-0.05, 0) is 60.7 Å². The van der Waals surface area contributed by atoms with Gasteiger partial charge in [-0.25, -0.2) is 21.6 Å². The van der Waals surface area contributed by atoms with Gasteiger partial charge < -0.3 is 15.3 Å². The van der Waals surface area contributed by atoms with E-state index in [1.165, 1.54) is 47.8 Å². The summed E-state index contributed by atoms with van der Waals surface area (Å²) in [5.41, 5.74) is 0.618. The number of halogens is 2. The molecule has 3 aromatic rings. The number of carboxylic acids is 1. The standard InChI is InChI=1S/C26H26Cl2N4O7S2/c1-30(40(2,36)37)24-8-3-17(26(34)35)13-23(24)25(33)29-20-4-6-22(7-5-20)41(38,39)32-11-9-31(10-12-32)21-15-18(27)14-19(28)16-21/h3-8,13-16H,9-12H2,1-2H3,(H,29,33)(H,34,35). The summed E-state index contributed by atoms with van der Waals surface area (Å²) in [7, 11) is -6.34. The summed E-state index contributed by atoms with van der Waals surface area (Å²) in [6, 6.07) is 14.2. The third-order valence-corrected chi connectivity index (χ3v) is 10.1. The number of benzene rings is 3. The van der Waals surface area contributed by atoms with Crippen molar-refractivity contribution in [2.24, 2.45) is 0 Å². The number of hydrogen-bond acceptors (Lipinski definition) is 7. The van der Waals surface area contributed by atoms with Gasteiger partial charge in [0, 0.05) is 54.6 Å². The number of rotatable bonds is 8. The predicted molar refractivity (Wildman–Crippen MR) is 158 cm³/mol. The molecule has 15 heteroatoms. The Morgan fingerprint density at radius 3 is 2.00 bits per heavy atom. The molecule has 1 aliphatic rings. The van der Waals surface area contributed by atoms with Crippen molar-refractivity contribution in [1.29, 1.82) is 0 Å². The number of aromatic carboxylic acids is 1. The molecule has 0 aromatic heterocycles. The molecule has 41 heavy (non-hydrogen) atoms. The molecule has 4 rings (SSSR count). The number of hydrogen-bond donors (Lipinski definition) is 2. The number of nitrogens with zero attached hydrogens (tertiary/aromatic N) is 3. The minimum Gasteiger partial charge on any atom is -0.478 e. The Morgan fingerprint density at radius 1 is 0.878 bits per heavy atom. The van der Waals surface area contributed by atoms with Crippen molar-refractivity contribution >= 4 is 72.2 Å². The molecule has 2 N–H and O–H groups in total. The summed E-state index contributed by atoms with van der Waals surface area (Å²) in [6.45, 7) is 1.34. The van der Waals surface area contributed by atoms with Crippen molar-refractivity contribution in [3.05, 3.63) is 81.8 Å². The van der Waals surface area contributed by atoms with Crippen molar-refractivity contribution in [3.63, 3.8) is 0 Å². The summed E-state index contributed by atoms with van der Waals surface area (Å²) in [6.07, 6.45) is 0.950. The SMILES string of the molecule is CN(c1ccc(C(=O)O)cc1C(=O)Nc1ccc(S(=O)(=O)N2CCN(c3cc(Cl)cc(Cl)c3)CC2)cc1)S(C)(=O)=O. The number of nitrogens with one attached hydrogen (secondary N) is 1. The fourth-order valence-corrected chi connectivity index (χ4v) is 6.72. The minimum atomic E-state index is -3.83. The lowest BCUT2D eigenvalue weighted by molar-refractivity contribution is 0.0697. The first-order valence-corrected chi connectivity index (χ1v) is 16.1. The van der Waals surface area contributed by atoms with Crippen LogP contribution < -0.4 is 14.5 Å². The predicted octanol–water partition coefficient (Wildman–Crippen LogP) is 3.85. The van der Waals surface area contributed by atoms with Gasteiger partial charge in [0.25, 0.3) is 5.91 Å². The van der Waals surface area contributed by atoms with Crippen LogP contribution in [0.4, 0.5) is 17.1 Å².